The van der Waals surface area contributed by atoms with Crippen molar-refractivity contribution < 1.29 is 18.3 Å². The van der Waals surface area contributed by atoms with Gasteiger partial charge in [-0.1, -0.05) is 0 Å². The summed E-state index contributed by atoms with van der Waals surface area (Å²) in [6.45, 7) is 5.20. The van der Waals surface area contributed by atoms with Crippen LogP contribution < -0.4 is 5.14 Å². The zero-order valence-corrected chi connectivity index (χ0v) is 11.2. The molecule has 1 aliphatic heterocycles. The number of hydrogen-bond acceptors (Lipinski definition) is 4. The van der Waals surface area contributed by atoms with E-state index in [2.05, 4.69) is 0 Å². The molecule has 0 radical (unpaired) electrons. The van der Waals surface area contributed by atoms with E-state index in [0.717, 1.165) is 0 Å². The molecule has 0 aliphatic carbocycles. The average molecular weight is 264 g/mol. The van der Waals surface area contributed by atoms with Crippen molar-refractivity contribution in [2.24, 2.45) is 11.1 Å². The summed E-state index contributed by atoms with van der Waals surface area (Å²) in [5.74, 6) is -0.530. The molecule has 3 N–H and O–H groups in total. The maximum atomic E-state index is 11.8. The number of amides is 1. The van der Waals surface area contributed by atoms with Gasteiger partial charge in [-0.25, -0.2) is 13.6 Å². The Hall–Kier alpha value is -0.660. The first kappa shape index (κ1) is 14.4. The molecule has 0 aromatic carbocycles. The van der Waals surface area contributed by atoms with Crippen LogP contribution in [-0.4, -0.2) is 48.3 Å². The zero-order chi connectivity index (χ0) is 13.4. The Kier molecular flexibility index (Phi) is 3.85. The predicted molar refractivity (Wildman–Crippen MR) is 63.6 cm³/mol. The van der Waals surface area contributed by atoms with E-state index in [1.54, 1.807) is 6.92 Å². The second kappa shape index (κ2) is 4.55. The second-order valence-electron chi connectivity index (χ2n) is 5.15. The number of primary sulfonamides is 1. The molecule has 100 valence electrons. The standard InChI is InChI=1S/C10H20N2O4S/c1-7(17(11,15)16)8-4-5-12(6-8)9(13)10(2,3)14/h7-8,14H,4-6H2,1-3H3,(H2,11,15,16). The fourth-order valence-corrected chi connectivity index (χ4v) is 2.77. The van der Waals surface area contributed by atoms with Crippen molar-refractivity contribution in [3.05, 3.63) is 0 Å². The predicted octanol–water partition coefficient (Wildman–Crippen LogP) is -0.717. The fourth-order valence-electron chi connectivity index (χ4n) is 2.01. The molecular weight excluding hydrogens is 244 g/mol. The van der Waals surface area contributed by atoms with E-state index >= 15 is 0 Å². The van der Waals surface area contributed by atoms with Gasteiger partial charge < -0.3 is 10.0 Å². The van der Waals surface area contributed by atoms with Crippen molar-refractivity contribution in [2.45, 2.75) is 38.0 Å². The number of nitrogens with zero attached hydrogens (tertiary/aromatic N) is 1. The number of carbonyl (C=O) groups excluding carboxylic acids is 1. The molecule has 1 fully saturated rings. The van der Waals surface area contributed by atoms with Crippen LogP contribution in [0.5, 0.6) is 0 Å². The molecule has 1 amide bonds. The van der Waals surface area contributed by atoms with Crippen LogP contribution in [0.15, 0.2) is 0 Å². The lowest BCUT2D eigenvalue weighted by molar-refractivity contribution is -0.146. The van der Waals surface area contributed by atoms with Crippen LogP contribution in [0.3, 0.4) is 0 Å². The molecular formula is C10H20N2O4S. The topological polar surface area (TPSA) is 101 Å². The van der Waals surface area contributed by atoms with Gasteiger partial charge in [0.2, 0.25) is 10.0 Å². The first-order valence-electron chi connectivity index (χ1n) is 5.57. The van der Waals surface area contributed by atoms with Gasteiger partial charge in [-0.15, -0.1) is 0 Å². The molecule has 0 bridgehead atoms. The monoisotopic (exact) mass is 264 g/mol. The first-order valence-corrected chi connectivity index (χ1v) is 7.18. The van der Waals surface area contributed by atoms with Gasteiger partial charge in [-0.3, -0.25) is 4.79 Å². The molecule has 0 aromatic heterocycles. The summed E-state index contributed by atoms with van der Waals surface area (Å²) in [7, 11) is -3.57. The quantitative estimate of drug-likeness (QED) is 0.702. The lowest BCUT2D eigenvalue weighted by atomic mass is 10.1. The number of likely N-dealkylation sites (tertiary alicyclic amines) is 1. The normalized spacial score (nSPS) is 23.8. The van der Waals surface area contributed by atoms with Crippen molar-refractivity contribution in [3.63, 3.8) is 0 Å². The minimum Gasteiger partial charge on any atom is -0.381 e. The highest BCUT2D eigenvalue weighted by Crippen LogP contribution is 2.24. The van der Waals surface area contributed by atoms with Gasteiger partial charge in [-0.2, -0.15) is 0 Å². The van der Waals surface area contributed by atoms with Crippen LogP contribution in [-0.2, 0) is 14.8 Å². The van der Waals surface area contributed by atoms with E-state index in [1.165, 1.54) is 18.7 Å². The van der Waals surface area contributed by atoms with Gasteiger partial charge in [0.15, 0.2) is 0 Å². The van der Waals surface area contributed by atoms with E-state index in [0.29, 0.717) is 19.5 Å². The number of nitrogens with two attached hydrogens (primary N) is 1. The third-order valence-electron chi connectivity index (χ3n) is 3.22. The summed E-state index contributed by atoms with van der Waals surface area (Å²) in [5, 5.41) is 14.0. The van der Waals surface area contributed by atoms with Crippen molar-refractivity contribution in [1.29, 1.82) is 0 Å². The highest BCUT2D eigenvalue weighted by atomic mass is 32.2. The van der Waals surface area contributed by atoms with Gasteiger partial charge in [0.05, 0.1) is 5.25 Å². The van der Waals surface area contributed by atoms with Crippen LogP contribution in [0.4, 0.5) is 0 Å². The Morgan fingerprint density at radius 1 is 1.53 bits per heavy atom. The molecule has 1 heterocycles. The van der Waals surface area contributed by atoms with E-state index in [9.17, 15) is 18.3 Å². The first-order chi connectivity index (χ1) is 7.53. The van der Waals surface area contributed by atoms with E-state index < -0.39 is 20.9 Å². The number of aliphatic hydroxyl groups is 1. The number of hydrogen-bond donors (Lipinski definition) is 2. The molecule has 0 spiro atoms. The van der Waals surface area contributed by atoms with Crippen molar-refractivity contribution in [1.82, 2.24) is 4.90 Å². The number of carbonyl (C=O) groups is 1. The Morgan fingerprint density at radius 3 is 2.47 bits per heavy atom. The van der Waals surface area contributed by atoms with Gasteiger partial charge in [0.25, 0.3) is 5.91 Å². The highest BCUT2D eigenvalue weighted by Gasteiger charge is 2.38. The molecule has 0 saturated carbocycles. The molecule has 1 saturated heterocycles. The maximum absolute atomic E-state index is 11.8. The van der Waals surface area contributed by atoms with E-state index in [1.807, 2.05) is 0 Å². The minimum absolute atomic E-state index is 0.156. The third-order valence-corrected chi connectivity index (χ3v) is 4.64. The Balaban J connectivity index is 2.69. The summed E-state index contributed by atoms with van der Waals surface area (Å²) in [6.07, 6.45) is 0.597. The summed E-state index contributed by atoms with van der Waals surface area (Å²) in [6, 6.07) is 0. The van der Waals surface area contributed by atoms with Gasteiger partial charge >= 0.3 is 0 Å². The zero-order valence-electron chi connectivity index (χ0n) is 10.4. The molecule has 2 unspecified atom stereocenters. The average Bonchev–Trinajstić information content (AvgIpc) is 2.60. The Labute approximate surface area is 102 Å². The fraction of sp³-hybridized carbons (Fsp3) is 0.900. The third kappa shape index (κ3) is 3.40. The summed E-state index contributed by atoms with van der Waals surface area (Å²) < 4.78 is 22.4. The van der Waals surface area contributed by atoms with E-state index in [4.69, 9.17) is 5.14 Å². The van der Waals surface area contributed by atoms with Crippen LogP contribution in [0.1, 0.15) is 27.2 Å². The Bertz CT molecular complexity index is 399. The summed E-state index contributed by atoms with van der Waals surface area (Å²) in [5.41, 5.74) is -1.42. The molecule has 1 rings (SSSR count). The second-order valence-corrected chi connectivity index (χ2v) is 7.07. The van der Waals surface area contributed by atoms with Crippen LogP contribution in [0.2, 0.25) is 0 Å². The minimum atomic E-state index is -3.57. The van der Waals surface area contributed by atoms with Crippen LogP contribution in [0.25, 0.3) is 0 Å². The van der Waals surface area contributed by atoms with Crippen molar-refractivity contribution in [3.8, 4) is 0 Å². The van der Waals surface area contributed by atoms with Crippen LogP contribution >= 0.6 is 0 Å². The lowest BCUT2D eigenvalue weighted by Crippen LogP contribution is -2.44. The molecule has 1 aliphatic rings. The molecule has 0 aromatic rings. The molecule has 17 heavy (non-hydrogen) atoms. The highest BCUT2D eigenvalue weighted by molar-refractivity contribution is 7.89. The Morgan fingerprint density at radius 2 is 2.06 bits per heavy atom. The van der Waals surface area contributed by atoms with Gasteiger partial charge in [0.1, 0.15) is 5.60 Å². The smallest absolute Gasteiger partial charge is 0.253 e. The van der Waals surface area contributed by atoms with Gasteiger partial charge in [0, 0.05) is 13.1 Å². The number of rotatable bonds is 3. The van der Waals surface area contributed by atoms with E-state index in [-0.39, 0.29) is 11.8 Å². The summed E-state index contributed by atoms with van der Waals surface area (Å²) >= 11 is 0. The molecule has 2 atom stereocenters. The molecule has 6 nitrogen and oxygen atoms in total. The number of sulfonamides is 1. The van der Waals surface area contributed by atoms with Crippen LogP contribution in [0, 0.1) is 5.92 Å². The SMILES string of the molecule is CC(C1CCN(C(=O)C(C)(C)O)C1)S(N)(=O)=O. The lowest BCUT2D eigenvalue weighted by Gasteiger charge is -2.25. The molecule has 7 heteroatoms. The van der Waals surface area contributed by atoms with Gasteiger partial charge in [-0.05, 0) is 33.1 Å². The largest absolute Gasteiger partial charge is 0.381 e. The summed E-state index contributed by atoms with van der Waals surface area (Å²) in [4.78, 5) is 13.3. The van der Waals surface area contributed by atoms with Crippen molar-refractivity contribution in [2.75, 3.05) is 13.1 Å². The van der Waals surface area contributed by atoms with Crippen molar-refractivity contribution >= 4 is 15.9 Å². The maximum Gasteiger partial charge on any atom is 0.253 e.